The van der Waals surface area contributed by atoms with Gasteiger partial charge in [-0.05, 0) is 74.0 Å². The first-order valence-corrected chi connectivity index (χ1v) is 15.2. The number of benzene rings is 3. The van der Waals surface area contributed by atoms with Crippen LogP contribution in [0.5, 0.6) is 5.75 Å². The zero-order chi connectivity index (χ0) is 32.8. The lowest BCUT2D eigenvalue weighted by Gasteiger charge is -2.28. The quantitative estimate of drug-likeness (QED) is 0.126. The third kappa shape index (κ3) is 8.60. The van der Waals surface area contributed by atoms with E-state index in [4.69, 9.17) is 13.9 Å². The predicted molar refractivity (Wildman–Crippen MR) is 158 cm³/mol. The number of rotatable bonds is 13. The first kappa shape index (κ1) is 33.5. The van der Waals surface area contributed by atoms with Crippen LogP contribution in [0.4, 0.5) is 23.2 Å². The largest absolute Gasteiger partial charge is 0.493 e. The second-order valence-electron chi connectivity index (χ2n) is 9.87. The van der Waals surface area contributed by atoms with Crippen LogP contribution in [0.1, 0.15) is 29.5 Å². The summed E-state index contributed by atoms with van der Waals surface area (Å²) in [6, 6.07) is 16.2. The minimum absolute atomic E-state index is 0.0621. The van der Waals surface area contributed by atoms with Crippen molar-refractivity contribution >= 4 is 21.9 Å². The SMILES string of the molecule is CCOC(=O)CN(Cc1cccc(OCCc2nc(-c3ccc(C(F)(F)F)cc3)oc2C)c1)S(=O)(=O)N(C)c1cccc(F)c1. The number of nitrogens with zero attached hydrogens (tertiary/aromatic N) is 3. The Morgan fingerprint density at radius 3 is 2.40 bits per heavy atom. The van der Waals surface area contributed by atoms with Crippen molar-refractivity contribution in [2.24, 2.45) is 0 Å². The molecule has 0 spiro atoms. The second-order valence-corrected chi connectivity index (χ2v) is 11.8. The van der Waals surface area contributed by atoms with Gasteiger partial charge in [-0.25, -0.2) is 9.37 Å². The number of carbonyl (C=O) groups excluding carboxylic acids is 1. The van der Waals surface area contributed by atoms with E-state index in [0.29, 0.717) is 34.8 Å². The summed E-state index contributed by atoms with van der Waals surface area (Å²) in [4.78, 5) is 16.7. The lowest BCUT2D eigenvalue weighted by molar-refractivity contribution is -0.143. The average molecular weight is 650 g/mol. The highest BCUT2D eigenvalue weighted by molar-refractivity contribution is 7.90. The Kier molecular flexibility index (Phi) is 10.5. The van der Waals surface area contributed by atoms with Crippen LogP contribution in [0.2, 0.25) is 0 Å². The molecule has 1 aromatic heterocycles. The monoisotopic (exact) mass is 649 g/mol. The summed E-state index contributed by atoms with van der Waals surface area (Å²) in [5.74, 6) is -0.273. The topological polar surface area (TPSA) is 102 Å². The lowest BCUT2D eigenvalue weighted by Crippen LogP contribution is -2.44. The van der Waals surface area contributed by atoms with Gasteiger partial charge in [-0.15, -0.1) is 0 Å². The lowest BCUT2D eigenvalue weighted by atomic mass is 10.1. The van der Waals surface area contributed by atoms with Crippen molar-refractivity contribution in [3.63, 3.8) is 0 Å². The smallest absolute Gasteiger partial charge is 0.416 e. The summed E-state index contributed by atoms with van der Waals surface area (Å²) in [5.41, 5.74) is 0.774. The fourth-order valence-electron chi connectivity index (χ4n) is 4.34. The van der Waals surface area contributed by atoms with E-state index in [0.717, 1.165) is 26.8 Å². The molecular weight excluding hydrogens is 618 g/mol. The average Bonchev–Trinajstić information content (AvgIpc) is 3.36. The van der Waals surface area contributed by atoms with Gasteiger partial charge in [0.1, 0.15) is 23.9 Å². The number of hydrogen-bond acceptors (Lipinski definition) is 7. The molecule has 0 fully saturated rings. The van der Waals surface area contributed by atoms with Crippen molar-refractivity contribution < 1.29 is 44.7 Å². The van der Waals surface area contributed by atoms with Crippen molar-refractivity contribution in [3.05, 3.63) is 101 Å². The van der Waals surface area contributed by atoms with Crippen LogP contribution in [0, 0.1) is 12.7 Å². The third-order valence-corrected chi connectivity index (χ3v) is 8.49. The number of aromatic nitrogens is 1. The third-order valence-electron chi connectivity index (χ3n) is 6.67. The number of ether oxygens (including phenoxy) is 2. The molecule has 0 saturated carbocycles. The van der Waals surface area contributed by atoms with E-state index < -0.39 is 40.3 Å². The molecule has 0 aliphatic rings. The molecule has 0 unspecified atom stereocenters. The van der Waals surface area contributed by atoms with Gasteiger partial charge < -0.3 is 13.9 Å². The van der Waals surface area contributed by atoms with E-state index in [1.165, 1.54) is 37.4 Å². The minimum atomic E-state index is -4.45. The van der Waals surface area contributed by atoms with Gasteiger partial charge in [0.15, 0.2) is 0 Å². The molecule has 0 N–H and O–H groups in total. The predicted octanol–water partition coefficient (Wildman–Crippen LogP) is 6.18. The van der Waals surface area contributed by atoms with Crippen LogP contribution < -0.4 is 9.04 Å². The highest BCUT2D eigenvalue weighted by Gasteiger charge is 2.31. The number of hydrogen-bond donors (Lipinski definition) is 0. The van der Waals surface area contributed by atoms with E-state index in [2.05, 4.69) is 4.98 Å². The highest BCUT2D eigenvalue weighted by Crippen LogP contribution is 2.31. The van der Waals surface area contributed by atoms with E-state index in [-0.39, 0.29) is 31.3 Å². The Balaban J connectivity index is 1.44. The van der Waals surface area contributed by atoms with E-state index in [1.54, 1.807) is 38.1 Å². The summed E-state index contributed by atoms with van der Waals surface area (Å²) in [7, 11) is -3.04. The maximum Gasteiger partial charge on any atom is 0.416 e. The summed E-state index contributed by atoms with van der Waals surface area (Å²) < 4.78 is 97.8. The summed E-state index contributed by atoms with van der Waals surface area (Å²) in [6.07, 6.45) is -4.13. The number of anilines is 1. The molecule has 240 valence electrons. The zero-order valence-corrected chi connectivity index (χ0v) is 25.5. The van der Waals surface area contributed by atoms with Crippen molar-refractivity contribution in [2.45, 2.75) is 33.0 Å². The summed E-state index contributed by atoms with van der Waals surface area (Å²) >= 11 is 0. The van der Waals surface area contributed by atoms with Crippen LogP contribution >= 0.6 is 0 Å². The maximum absolute atomic E-state index is 13.8. The molecule has 14 heteroatoms. The molecule has 1 heterocycles. The molecule has 4 rings (SSSR count). The van der Waals surface area contributed by atoms with E-state index >= 15 is 0 Å². The fourth-order valence-corrected chi connectivity index (χ4v) is 5.64. The van der Waals surface area contributed by atoms with Crippen molar-refractivity contribution in [1.82, 2.24) is 9.29 Å². The normalized spacial score (nSPS) is 11.9. The Bertz CT molecular complexity index is 1730. The Morgan fingerprint density at radius 1 is 1.02 bits per heavy atom. The van der Waals surface area contributed by atoms with Crippen molar-refractivity contribution in [1.29, 1.82) is 0 Å². The fraction of sp³-hybridized carbons (Fsp3) is 0.290. The van der Waals surface area contributed by atoms with Crippen LogP contribution in [-0.2, 0) is 38.9 Å². The van der Waals surface area contributed by atoms with E-state index in [9.17, 15) is 30.8 Å². The molecular formula is C31H31F4N3O6S. The number of carbonyl (C=O) groups is 1. The first-order valence-electron chi connectivity index (χ1n) is 13.8. The standard InChI is InChI=1S/C31H31F4N3O6S/c1-4-42-29(39)20-38(45(40,41)37(3)26-9-6-8-25(32)18-26)19-22-7-5-10-27(17-22)43-16-15-28-21(2)44-30(36-28)23-11-13-24(14-12-23)31(33,34)35/h5-14,17-18H,4,15-16,19-20H2,1-3H3. The van der Waals surface area contributed by atoms with Gasteiger partial charge in [0, 0.05) is 25.6 Å². The molecule has 0 aliphatic carbocycles. The van der Waals surface area contributed by atoms with E-state index in [1.807, 2.05) is 0 Å². The van der Waals surface area contributed by atoms with Gasteiger partial charge >= 0.3 is 22.4 Å². The summed E-state index contributed by atoms with van der Waals surface area (Å²) in [6.45, 7) is 2.73. The summed E-state index contributed by atoms with van der Waals surface area (Å²) in [5, 5.41) is 0. The van der Waals surface area contributed by atoms with Gasteiger partial charge in [-0.1, -0.05) is 18.2 Å². The van der Waals surface area contributed by atoms with Gasteiger partial charge in [0.25, 0.3) is 0 Å². The van der Waals surface area contributed by atoms with Gasteiger partial charge in [-0.2, -0.15) is 25.9 Å². The van der Waals surface area contributed by atoms with Crippen LogP contribution in [0.25, 0.3) is 11.5 Å². The Labute approximate surface area is 258 Å². The molecule has 3 aromatic carbocycles. The number of halogens is 4. The molecule has 0 amide bonds. The molecule has 45 heavy (non-hydrogen) atoms. The second kappa shape index (κ2) is 14.1. The molecule has 0 atom stereocenters. The Hall–Kier alpha value is -4.43. The highest BCUT2D eigenvalue weighted by atomic mass is 32.2. The van der Waals surface area contributed by atoms with Crippen LogP contribution in [0.3, 0.4) is 0 Å². The molecule has 9 nitrogen and oxygen atoms in total. The van der Waals surface area contributed by atoms with Gasteiger partial charge in [0.2, 0.25) is 5.89 Å². The van der Waals surface area contributed by atoms with Gasteiger partial charge in [0.05, 0.1) is 30.2 Å². The molecule has 0 aliphatic heterocycles. The number of oxazole rings is 1. The molecule has 0 saturated heterocycles. The minimum Gasteiger partial charge on any atom is -0.493 e. The maximum atomic E-state index is 13.8. The number of alkyl halides is 3. The van der Waals surface area contributed by atoms with Crippen LogP contribution in [-0.4, -0.2) is 50.5 Å². The zero-order valence-electron chi connectivity index (χ0n) is 24.7. The molecule has 4 aromatic rings. The Morgan fingerprint density at radius 2 is 1.73 bits per heavy atom. The molecule has 0 bridgehead atoms. The molecule has 0 radical (unpaired) electrons. The van der Waals surface area contributed by atoms with Crippen LogP contribution in [0.15, 0.2) is 77.2 Å². The van der Waals surface area contributed by atoms with Crippen molar-refractivity contribution in [3.8, 4) is 17.2 Å². The van der Waals surface area contributed by atoms with Gasteiger partial charge in [-0.3, -0.25) is 9.10 Å². The van der Waals surface area contributed by atoms with Crippen molar-refractivity contribution in [2.75, 3.05) is 31.1 Å². The number of aryl methyl sites for hydroxylation is 1. The first-order chi connectivity index (χ1) is 21.3. The number of esters is 1.